The zero-order valence-electron chi connectivity index (χ0n) is 7.51. The third kappa shape index (κ3) is 1.51. The van der Waals surface area contributed by atoms with E-state index < -0.39 is 11.4 Å². The van der Waals surface area contributed by atoms with Crippen molar-refractivity contribution in [3.05, 3.63) is 4.85 Å². The summed E-state index contributed by atoms with van der Waals surface area (Å²) in [6.45, 7) is 12.4. The Balaban J connectivity index is 4.96. The fraction of sp³-hybridized carbons (Fsp3) is 0.750. The zero-order valence-corrected chi connectivity index (χ0v) is 7.51. The molecule has 0 bridgehead atoms. The van der Waals surface area contributed by atoms with Crippen molar-refractivity contribution < 1.29 is 4.79 Å². The smallest absolute Gasteiger partial charge is 0.358 e. The Bertz CT molecular complexity index is 209. The molecule has 2 N–H and O–H groups in total. The van der Waals surface area contributed by atoms with E-state index in [1.54, 1.807) is 6.92 Å². The van der Waals surface area contributed by atoms with Crippen LogP contribution in [0, 0.1) is 12.0 Å². The monoisotopic (exact) mass is 155 g/mol. The van der Waals surface area contributed by atoms with E-state index in [1.807, 2.05) is 20.8 Å². The van der Waals surface area contributed by atoms with Gasteiger partial charge in [0.2, 0.25) is 0 Å². The van der Waals surface area contributed by atoms with Gasteiger partial charge in [-0.15, -0.1) is 0 Å². The molecule has 0 unspecified atom stereocenters. The van der Waals surface area contributed by atoms with Crippen molar-refractivity contribution in [1.29, 1.82) is 0 Å². The maximum Gasteiger partial charge on any atom is 0.358 e. The zero-order chi connectivity index (χ0) is 9.28. The normalized spacial score (nSPS) is 16.6. The molecule has 1 amide bonds. The lowest BCUT2D eigenvalue weighted by Gasteiger charge is -2.23. The number of nitrogens with zero attached hydrogens (tertiary/aromatic N) is 1. The van der Waals surface area contributed by atoms with E-state index in [0.717, 1.165) is 0 Å². The molecule has 0 saturated carbocycles. The van der Waals surface area contributed by atoms with Crippen LogP contribution in [0.25, 0.3) is 4.85 Å². The van der Waals surface area contributed by atoms with Crippen LogP contribution in [0.2, 0.25) is 0 Å². The minimum atomic E-state index is -0.979. The van der Waals surface area contributed by atoms with Gasteiger partial charge in [0, 0.05) is 6.92 Å². The minimum Gasteiger partial charge on any atom is -0.363 e. The van der Waals surface area contributed by atoms with Crippen LogP contribution < -0.4 is 5.73 Å². The van der Waals surface area contributed by atoms with E-state index >= 15 is 0 Å². The molecule has 0 aliphatic heterocycles. The fourth-order valence-electron chi connectivity index (χ4n) is 0.627. The van der Waals surface area contributed by atoms with E-state index in [2.05, 4.69) is 4.85 Å². The number of carbonyl (C=O) groups is 1. The number of nitrogens with two attached hydrogens (primary N) is 1. The first kappa shape index (κ1) is 9.96. The van der Waals surface area contributed by atoms with Crippen molar-refractivity contribution in [1.82, 2.24) is 0 Å². The molecule has 11 heavy (non-hydrogen) atoms. The van der Waals surface area contributed by atoms with Crippen molar-refractivity contribution in [2.24, 2.45) is 11.1 Å². The van der Waals surface area contributed by atoms with E-state index in [1.165, 1.54) is 0 Å². The van der Waals surface area contributed by atoms with Crippen LogP contribution in [0.4, 0.5) is 0 Å². The Morgan fingerprint density at radius 3 is 1.73 bits per heavy atom. The molecule has 62 valence electrons. The number of hydrogen-bond donors (Lipinski definition) is 1. The average molecular weight is 155 g/mol. The van der Waals surface area contributed by atoms with E-state index in [-0.39, 0.29) is 5.41 Å². The van der Waals surface area contributed by atoms with Gasteiger partial charge in [0.25, 0.3) is 6.57 Å². The molecule has 0 radical (unpaired) electrons. The summed E-state index contributed by atoms with van der Waals surface area (Å²) in [5.74, 6) is -0.493. The third-order valence-electron chi connectivity index (χ3n) is 2.20. The van der Waals surface area contributed by atoms with Gasteiger partial charge >= 0.3 is 11.4 Å². The summed E-state index contributed by atoms with van der Waals surface area (Å²) in [7, 11) is 0. The summed E-state index contributed by atoms with van der Waals surface area (Å²) in [5.41, 5.74) is 3.84. The van der Waals surface area contributed by atoms with Crippen LogP contribution in [0.3, 0.4) is 0 Å². The summed E-state index contributed by atoms with van der Waals surface area (Å²) in [6, 6.07) is 0. The van der Waals surface area contributed by atoms with Gasteiger partial charge in [-0.05, 0) is 0 Å². The van der Waals surface area contributed by atoms with Gasteiger partial charge in [0.1, 0.15) is 0 Å². The van der Waals surface area contributed by atoms with Crippen molar-refractivity contribution in [3.8, 4) is 6.57 Å². The molecular formula is C8H15N2O+. The predicted octanol–water partition coefficient (Wildman–Crippen LogP) is 1.24. The quantitative estimate of drug-likeness (QED) is 0.608. The molecule has 1 atom stereocenters. The lowest BCUT2D eigenvalue weighted by atomic mass is 9.75. The van der Waals surface area contributed by atoms with Gasteiger partial charge in [0.15, 0.2) is 0 Å². The van der Waals surface area contributed by atoms with Crippen molar-refractivity contribution >= 4 is 5.91 Å². The molecule has 0 aromatic carbocycles. The van der Waals surface area contributed by atoms with E-state index in [4.69, 9.17) is 12.3 Å². The standard InChI is InChI=1S/C8H14N2O/c1-7(2,3)8(4,10-5)6(9)11/h5H,1-4H3,(H-,9,11)/p+1/t8-/m0/s1. The van der Waals surface area contributed by atoms with Crippen molar-refractivity contribution in [2.45, 2.75) is 33.2 Å². The topological polar surface area (TPSA) is 47.5 Å². The lowest BCUT2D eigenvalue weighted by Crippen LogP contribution is -2.48. The molecule has 3 nitrogen and oxygen atoms in total. The van der Waals surface area contributed by atoms with Gasteiger partial charge in [-0.25, -0.2) is 0 Å². The van der Waals surface area contributed by atoms with Crippen molar-refractivity contribution in [3.63, 3.8) is 0 Å². The van der Waals surface area contributed by atoms with Crippen LogP contribution in [-0.4, -0.2) is 11.4 Å². The molecule has 0 aliphatic carbocycles. The Labute approximate surface area is 67.4 Å². The molecule has 0 saturated heterocycles. The van der Waals surface area contributed by atoms with Gasteiger partial charge in [-0.3, -0.25) is 4.79 Å². The van der Waals surface area contributed by atoms with Crippen LogP contribution >= 0.6 is 0 Å². The largest absolute Gasteiger partial charge is 0.363 e. The molecule has 0 rings (SSSR count). The second-order valence-corrected chi connectivity index (χ2v) is 3.82. The maximum absolute atomic E-state index is 10.9. The van der Waals surface area contributed by atoms with Gasteiger partial charge in [-0.2, -0.15) is 0 Å². The molecular weight excluding hydrogens is 140 g/mol. The number of rotatable bonds is 1. The summed E-state index contributed by atoms with van der Waals surface area (Å²) < 4.78 is 0. The molecule has 0 spiro atoms. The summed E-state index contributed by atoms with van der Waals surface area (Å²) in [5, 5.41) is 0. The first-order valence-electron chi connectivity index (χ1n) is 3.47. The van der Waals surface area contributed by atoms with E-state index in [0.29, 0.717) is 0 Å². The highest BCUT2D eigenvalue weighted by Gasteiger charge is 2.53. The fourth-order valence-corrected chi connectivity index (χ4v) is 0.627. The molecule has 0 aliphatic rings. The summed E-state index contributed by atoms with van der Waals surface area (Å²) in [6.07, 6.45) is 0. The Kier molecular flexibility index (Phi) is 2.30. The minimum absolute atomic E-state index is 0.340. The van der Waals surface area contributed by atoms with Gasteiger partial charge in [0.05, 0.1) is 5.41 Å². The average Bonchev–Trinajstić information content (AvgIpc) is 1.83. The molecule has 0 aromatic heterocycles. The molecule has 3 heteroatoms. The lowest BCUT2D eigenvalue weighted by molar-refractivity contribution is -0.124. The van der Waals surface area contributed by atoms with Crippen LogP contribution in [0.15, 0.2) is 0 Å². The second-order valence-electron chi connectivity index (χ2n) is 3.82. The first-order valence-corrected chi connectivity index (χ1v) is 3.47. The first-order chi connectivity index (χ1) is 4.75. The van der Waals surface area contributed by atoms with Crippen LogP contribution in [-0.2, 0) is 4.79 Å². The predicted molar refractivity (Wildman–Crippen MR) is 45.4 cm³/mol. The van der Waals surface area contributed by atoms with E-state index in [9.17, 15) is 4.79 Å². The van der Waals surface area contributed by atoms with Gasteiger partial charge < -0.3 is 5.73 Å². The summed E-state index contributed by atoms with van der Waals surface area (Å²) in [4.78, 5) is 14.5. The Hall–Kier alpha value is -1.04. The van der Waals surface area contributed by atoms with Crippen LogP contribution in [0.1, 0.15) is 27.7 Å². The van der Waals surface area contributed by atoms with Crippen LogP contribution in [0.5, 0.6) is 0 Å². The van der Waals surface area contributed by atoms with Crippen molar-refractivity contribution in [2.75, 3.05) is 0 Å². The highest BCUT2D eigenvalue weighted by atomic mass is 16.1. The second kappa shape index (κ2) is 2.54. The highest BCUT2D eigenvalue weighted by molar-refractivity contribution is 5.87. The maximum atomic E-state index is 10.9. The Morgan fingerprint density at radius 1 is 1.36 bits per heavy atom. The van der Waals surface area contributed by atoms with Gasteiger partial charge in [-0.1, -0.05) is 25.6 Å². The number of primary amides is 1. The summed E-state index contributed by atoms with van der Waals surface area (Å²) >= 11 is 0. The number of hydrogen-bond acceptors (Lipinski definition) is 1. The number of amides is 1. The highest BCUT2D eigenvalue weighted by Crippen LogP contribution is 2.33. The molecule has 0 heterocycles. The molecule has 0 aromatic rings. The third-order valence-corrected chi connectivity index (χ3v) is 2.20. The Morgan fingerprint density at radius 2 is 1.73 bits per heavy atom. The SMILES string of the molecule is C#[N+][C@@](C)(C(N)=O)C(C)(C)C. The molecule has 0 fully saturated rings. The number of carbonyl (C=O) groups excluding carboxylic acids is 1.